The monoisotopic (exact) mass is 439 g/mol. The molecule has 0 radical (unpaired) electrons. The minimum atomic E-state index is 0.585. The number of fused-ring (bicyclic) bond motifs is 1. The minimum Gasteiger partial charge on any atom is -0.370 e. The van der Waals surface area contributed by atoms with Gasteiger partial charge in [0.25, 0.3) is 0 Å². The van der Waals surface area contributed by atoms with Gasteiger partial charge in [0.2, 0.25) is 0 Å². The summed E-state index contributed by atoms with van der Waals surface area (Å²) in [6.07, 6.45) is 7.61. The van der Waals surface area contributed by atoms with Crippen molar-refractivity contribution in [3.8, 4) is 6.07 Å². The molecule has 0 atom stereocenters. The lowest BCUT2D eigenvalue weighted by Crippen LogP contribution is -2.45. The predicted octanol–water partition coefficient (Wildman–Crippen LogP) is 5.53. The van der Waals surface area contributed by atoms with E-state index in [2.05, 4.69) is 58.9 Å². The second kappa shape index (κ2) is 9.80. The van der Waals surface area contributed by atoms with Crippen LogP contribution in [0, 0.1) is 18.3 Å². The number of piperidine rings is 1. The first kappa shape index (κ1) is 21.7. The van der Waals surface area contributed by atoms with Gasteiger partial charge in [0.05, 0.1) is 11.2 Å². The van der Waals surface area contributed by atoms with Gasteiger partial charge in [0.15, 0.2) is 0 Å². The van der Waals surface area contributed by atoms with Crippen LogP contribution in [0.3, 0.4) is 0 Å². The Balaban J connectivity index is 1.40. The fraction of sp³-hybridized carbons (Fsp3) is 0.429. The van der Waals surface area contributed by atoms with Crippen LogP contribution in [-0.4, -0.2) is 30.2 Å². The average Bonchev–Trinajstić information content (AvgIpc) is 3.36. The van der Waals surface area contributed by atoms with E-state index in [0.29, 0.717) is 30.0 Å². The molecule has 1 saturated heterocycles. The number of hydrogen-bond donors (Lipinski definition) is 2. The van der Waals surface area contributed by atoms with Gasteiger partial charge in [-0.2, -0.15) is 5.26 Å². The summed E-state index contributed by atoms with van der Waals surface area (Å²) in [7, 11) is 0. The predicted molar refractivity (Wildman–Crippen MR) is 136 cm³/mol. The molecule has 1 saturated carbocycles. The second-order valence-corrected chi connectivity index (χ2v) is 9.56. The number of para-hydroxylation sites is 1. The van der Waals surface area contributed by atoms with Crippen LogP contribution >= 0.6 is 0 Å². The van der Waals surface area contributed by atoms with Crippen molar-refractivity contribution in [2.45, 2.75) is 64.1 Å². The summed E-state index contributed by atoms with van der Waals surface area (Å²) in [5.74, 6) is 0.679. The minimum absolute atomic E-state index is 0.585. The highest BCUT2D eigenvalue weighted by Gasteiger charge is 2.27. The highest BCUT2D eigenvalue weighted by molar-refractivity contribution is 5.97. The first-order valence-corrected chi connectivity index (χ1v) is 12.3. The summed E-state index contributed by atoms with van der Waals surface area (Å²) in [4.78, 5) is 7.25. The van der Waals surface area contributed by atoms with E-state index in [9.17, 15) is 5.26 Å². The quantitative estimate of drug-likeness (QED) is 0.529. The van der Waals surface area contributed by atoms with Gasteiger partial charge in [0.1, 0.15) is 17.5 Å². The number of aromatic nitrogens is 1. The van der Waals surface area contributed by atoms with E-state index >= 15 is 0 Å². The van der Waals surface area contributed by atoms with Crippen LogP contribution in [0.2, 0.25) is 0 Å². The van der Waals surface area contributed by atoms with Crippen LogP contribution in [0.1, 0.15) is 55.2 Å². The highest BCUT2D eigenvalue weighted by Crippen LogP contribution is 2.36. The molecule has 2 N–H and O–H groups in total. The molecule has 170 valence electrons. The van der Waals surface area contributed by atoms with Crippen molar-refractivity contribution in [2.24, 2.45) is 0 Å². The number of pyridine rings is 1. The molecule has 33 heavy (non-hydrogen) atoms. The Kier molecular flexibility index (Phi) is 6.46. The third kappa shape index (κ3) is 4.82. The zero-order chi connectivity index (χ0) is 22.6. The van der Waals surface area contributed by atoms with Gasteiger partial charge >= 0.3 is 0 Å². The van der Waals surface area contributed by atoms with Gasteiger partial charge in [-0.3, -0.25) is 0 Å². The van der Waals surface area contributed by atoms with Crippen LogP contribution in [0.25, 0.3) is 10.9 Å². The molecule has 2 aromatic carbocycles. The number of nitriles is 1. The maximum Gasteiger partial charge on any atom is 0.147 e. The number of rotatable bonds is 6. The summed E-state index contributed by atoms with van der Waals surface area (Å²) in [5, 5.41) is 18.6. The van der Waals surface area contributed by atoms with Crippen LogP contribution < -0.4 is 15.5 Å². The molecule has 1 aromatic heterocycles. The van der Waals surface area contributed by atoms with Crippen LogP contribution in [0.5, 0.6) is 0 Å². The van der Waals surface area contributed by atoms with Gasteiger partial charge < -0.3 is 15.5 Å². The van der Waals surface area contributed by atoms with E-state index in [1.807, 2.05) is 18.2 Å². The van der Waals surface area contributed by atoms with Crippen LogP contribution in [0.4, 0.5) is 11.5 Å². The Morgan fingerprint density at radius 1 is 0.970 bits per heavy atom. The SMILES string of the molecule is Cc1ccc(CNc2nc3ccccc3c(N3CCC(NC4CCCC4)CC3)c2C#N)cc1. The average molecular weight is 440 g/mol. The van der Waals surface area contributed by atoms with Gasteiger partial charge in [-0.25, -0.2) is 4.98 Å². The van der Waals surface area contributed by atoms with Gasteiger partial charge in [-0.1, -0.05) is 60.9 Å². The Hall–Kier alpha value is -3.10. The first-order valence-electron chi connectivity index (χ1n) is 12.3. The van der Waals surface area contributed by atoms with E-state index in [1.54, 1.807) is 0 Å². The zero-order valence-corrected chi connectivity index (χ0v) is 19.5. The third-order valence-corrected chi connectivity index (χ3v) is 7.20. The van der Waals surface area contributed by atoms with E-state index in [0.717, 1.165) is 42.5 Å². The lowest BCUT2D eigenvalue weighted by Gasteiger charge is -2.36. The molecule has 0 spiro atoms. The third-order valence-electron chi connectivity index (χ3n) is 7.20. The van der Waals surface area contributed by atoms with Crippen molar-refractivity contribution in [1.29, 1.82) is 5.26 Å². The maximum atomic E-state index is 10.2. The molecule has 5 nitrogen and oxygen atoms in total. The summed E-state index contributed by atoms with van der Waals surface area (Å²) in [6, 6.07) is 20.5. The molecule has 3 aromatic rings. The molecule has 1 aliphatic carbocycles. The highest BCUT2D eigenvalue weighted by atomic mass is 15.2. The fourth-order valence-electron chi connectivity index (χ4n) is 5.34. The fourth-order valence-corrected chi connectivity index (χ4v) is 5.34. The molecule has 2 heterocycles. The Morgan fingerprint density at radius 3 is 2.39 bits per heavy atom. The molecule has 0 amide bonds. The van der Waals surface area contributed by atoms with E-state index in [-0.39, 0.29) is 0 Å². The van der Waals surface area contributed by atoms with Crippen LogP contribution in [0.15, 0.2) is 48.5 Å². The molecular formula is C28H33N5. The summed E-state index contributed by atoms with van der Waals surface area (Å²) >= 11 is 0. The largest absolute Gasteiger partial charge is 0.370 e. The molecule has 0 unspecified atom stereocenters. The molecule has 2 aliphatic rings. The van der Waals surface area contributed by atoms with Gasteiger partial charge in [-0.05, 0) is 44.2 Å². The lowest BCUT2D eigenvalue weighted by molar-refractivity contribution is 0.368. The summed E-state index contributed by atoms with van der Waals surface area (Å²) in [5.41, 5.74) is 5.05. The maximum absolute atomic E-state index is 10.2. The zero-order valence-electron chi connectivity index (χ0n) is 19.5. The number of hydrogen-bond acceptors (Lipinski definition) is 5. The number of aryl methyl sites for hydroxylation is 1. The molecule has 1 aliphatic heterocycles. The summed E-state index contributed by atoms with van der Waals surface area (Å²) < 4.78 is 0. The summed E-state index contributed by atoms with van der Waals surface area (Å²) in [6.45, 7) is 4.66. The molecule has 0 bridgehead atoms. The molecule has 5 rings (SSSR count). The Bertz CT molecular complexity index is 1130. The topological polar surface area (TPSA) is 64.0 Å². The van der Waals surface area contributed by atoms with Crippen molar-refractivity contribution >= 4 is 22.4 Å². The van der Waals surface area contributed by atoms with Crippen molar-refractivity contribution in [3.63, 3.8) is 0 Å². The van der Waals surface area contributed by atoms with Crippen molar-refractivity contribution in [3.05, 3.63) is 65.2 Å². The second-order valence-electron chi connectivity index (χ2n) is 9.56. The van der Waals surface area contributed by atoms with Crippen molar-refractivity contribution in [2.75, 3.05) is 23.3 Å². The molecular weight excluding hydrogens is 406 g/mol. The normalized spacial score (nSPS) is 17.4. The van der Waals surface area contributed by atoms with Gasteiger partial charge in [0, 0.05) is 37.1 Å². The number of nitrogens with one attached hydrogen (secondary N) is 2. The number of anilines is 2. The smallest absolute Gasteiger partial charge is 0.147 e. The van der Waals surface area contributed by atoms with Crippen molar-refractivity contribution in [1.82, 2.24) is 10.3 Å². The number of benzene rings is 2. The standard InChI is InChI=1S/C28H33N5/c1-20-10-12-21(13-11-20)19-30-28-25(18-29)27(24-8-4-5-9-26(24)32-28)33-16-14-23(15-17-33)31-22-6-2-3-7-22/h4-5,8-13,22-23,31H,2-3,6-7,14-17,19H2,1H3,(H,30,32). The Morgan fingerprint density at radius 2 is 1.67 bits per heavy atom. The van der Waals surface area contributed by atoms with Crippen molar-refractivity contribution < 1.29 is 0 Å². The number of nitrogens with zero attached hydrogens (tertiary/aromatic N) is 3. The lowest BCUT2D eigenvalue weighted by atomic mass is 10.00. The molecule has 5 heteroatoms. The Labute approximate surface area is 196 Å². The van der Waals surface area contributed by atoms with E-state index < -0.39 is 0 Å². The van der Waals surface area contributed by atoms with E-state index in [1.165, 1.54) is 36.8 Å². The van der Waals surface area contributed by atoms with Crippen LogP contribution in [-0.2, 0) is 6.54 Å². The first-order chi connectivity index (χ1) is 16.2. The van der Waals surface area contributed by atoms with Gasteiger partial charge in [-0.15, -0.1) is 0 Å². The molecule has 2 fully saturated rings. The van der Waals surface area contributed by atoms with E-state index in [4.69, 9.17) is 4.98 Å².